The molecule has 0 aliphatic carbocycles. The van der Waals surface area contributed by atoms with E-state index in [2.05, 4.69) is 10.1 Å². The van der Waals surface area contributed by atoms with Crippen molar-refractivity contribution in [2.24, 2.45) is 0 Å². The van der Waals surface area contributed by atoms with Crippen LogP contribution in [0.25, 0.3) is 0 Å². The molecule has 0 radical (unpaired) electrons. The predicted octanol–water partition coefficient (Wildman–Crippen LogP) is 0.198. The van der Waals surface area contributed by atoms with Crippen LogP contribution in [0.1, 0.15) is 26.7 Å². The first-order valence-electron chi connectivity index (χ1n) is 5.92. The number of imide groups is 1. The van der Waals surface area contributed by atoms with Crippen LogP contribution < -0.4 is 5.32 Å². The Bertz CT molecular complexity index is 351. The fourth-order valence-electron chi connectivity index (χ4n) is 1.84. The van der Waals surface area contributed by atoms with E-state index in [1.165, 1.54) is 0 Å². The van der Waals surface area contributed by atoms with E-state index in [0.29, 0.717) is 12.8 Å². The smallest absolute Gasteiger partial charge is 0.416 e. The standard InChI is InChI=1S/C11H18N2O5/c1-3-11(4-2,9(15)16)12-7-8(14)13-5-6-18-10(13)17/h12H,3-7H2,1-2H3,(H,15,16). The van der Waals surface area contributed by atoms with Gasteiger partial charge in [0.25, 0.3) is 0 Å². The zero-order valence-electron chi connectivity index (χ0n) is 10.6. The topological polar surface area (TPSA) is 95.9 Å². The number of carboxylic acid groups (broad SMARTS) is 1. The van der Waals surface area contributed by atoms with Gasteiger partial charge in [-0.2, -0.15) is 0 Å². The minimum Gasteiger partial charge on any atom is -0.480 e. The van der Waals surface area contributed by atoms with Crippen molar-refractivity contribution in [3.63, 3.8) is 0 Å². The SMILES string of the molecule is CCC(CC)(NCC(=O)N1CCOC1=O)C(=O)O. The van der Waals surface area contributed by atoms with Gasteiger partial charge in [0.2, 0.25) is 5.91 Å². The van der Waals surface area contributed by atoms with E-state index in [0.717, 1.165) is 4.90 Å². The molecule has 7 heteroatoms. The van der Waals surface area contributed by atoms with Gasteiger partial charge < -0.3 is 9.84 Å². The highest BCUT2D eigenvalue weighted by Gasteiger charge is 2.36. The van der Waals surface area contributed by atoms with Crippen LogP contribution in [-0.2, 0) is 14.3 Å². The molecule has 1 saturated heterocycles. The van der Waals surface area contributed by atoms with Crippen molar-refractivity contribution in [3.8, 4) is 0 Å². The van der Waals surface area contributed by atoms with Gasteiger partial charge in [0, 0.05) is 0 Å². The number of hydrogen-bond acceptors (Lipinski definition) is 5. The van der Waals surface area contributed by atoms with E-state index in [4.69, 9.17) is 0 Å². The number of nitrogens with one attached hydrogen (secondary N) is 1. The van der Waals surface area contributed by atoms with Crippen molar-refractivity contribution in [3.05, 3.63) is 0 Å². The zero-order chi connectivity index (χ0) is 13.8. The molecule has 0 unspecified atom stereocenters. The van der Waals surface area contributed by atoms with E-state index in [-0.39, 0.29) is 19.7 Å². The number of amides is 2. The van der Waals surface area contributed by atoms with E-state index in [1.807, 2.05) is 0 Å². The van der Waals surface area contributed by atoms with Crippen LogP contribution in [0.4, 0.5) is 4.79 Å². The fraction of sp³-hybridized carbons (Fsp3) is 0.727. The first-order valence-corrected chi connectivity index (χ1v) is 5.92. The molecule has 0 aromatic rings. The fourth-order valence-corrected chi connectivity index (χ4v) is 1.84. The summed E-state index contributed by atoms with van der Waals surface area (Å²) in [7, 11) is 0. The summed E-state index contributed by atoms with van der Waals surface area (Å²) in [5.74, 6) is -1.46. The molecule has 1 aliphatic rings. The molecule has 0 saturated carbocycles. The third-order valence-electron chi connectivity index (χ3n) is 3.26. The van der Waals surface area contributed by atoms with E-state index >= 15 is 0 Å². The molecule has 1 aliphatic heterocycles. The Morgan fingerprint density at radius 2 is 2.06 bits per heavy atom. The molecule has 102 valence electrons. The molecule has 1 rings (SSSR count). The summed E-state index contributed by atoms with van der Waals surface area (Å²) in [6, 6.07) is 0. The molecule has 18 heavy (non-hydrogen) atoms. The quantitative estimate of drug-likeness (QED) is 0.706. The molecule has 0 atom stereocenters. The number of aliphatic carboxylic acids is 1. The molecule has 7 nitrogen and oxygen atoms in total. The number of hydrogen-bond donors (Lipinski definition) is 2. The van der Waals surface area contributed by atoms with Gasteiger partial charge in [0.05, 0.1) is 13.1 Å². The summed E-state index contributed by atoms with van der Waals surface area (Å²) in [6.45, 7) is 3.69. The van der Waals surface area contributed by atoms with Gasteiger partial charge in [-0.1, -0.05) is 13.8 Å². The van der Waals surface area contributed by atoms with Gasteiger partial charge in [-0.25, -0.2) is 9.69 Å². The van der Waals surface area contributed by atoms with E-state index < -0.39 is 23.5 Å². The Morgan fingerprint density at radius 1 is 1.44 bits per heavy atom. The highest BCUT2D eigenvalue weighted by Crippen LogP contribution is 2.15. The highest BCUT2D eigenvalue weighted by molar-refractivity contribution is 5.94. The number of carbonyl (C=O) groups excluding carboxylic acids is 2. The van der Waals surface area contributed by atoms with Crippen LogP contribution in [0, 0.1) is 0 Å². The van der Waals surface area contributed by atoms with Crippen molar-refractivity contribution in [1.82, 2.24) is 10.2 Å². The van der Waals surface area contributed by atoms with Gasteiger partial charge >= 0.3 is 12.1 Å². The molecular formula is C11H18N2O5. The predicted molar refractivity (Wildman–Crippen MR) is 62.0 cm³/mol. The largest absolute Gasteiger partial charge is 0.480 e. The number of carbonyl (C=O) groups is 3. The molecule has 0 bridgehead atoms. The summed E-state index contributed by atoms with van der Waals surface area (Å²) in [6.07, 6.45) is 0.0448. The summed E-state index contributed by atoms with van der Waals surface area (Å²) in [4.78, 5) is 35.1. The molecule has 2 amide bonds. The van der Waals surface area contributed by atoms with Crippen LogP contribution in [0.3, 0.4) is 0 Å². The van der Waals surface area contributed by atoms with Crippen LogP contribution in [0.15, 0.2) is 0 Å². The summed E-state index contributed by atoms with van der Waals surface area (Å²) in [5.41, 5.74) is -1.13. The van der Waals surface area contributed by atoms with Crippen LogP contribution in [-0.4, -0.2) is 53.2 Å². The maximum atomic E-state index is 11.7. The first kappa shape index (κ1) is 14.4. The van der Waals surface area contributed by atoms with Gasteiger partial charge in [-0.15, -0.1) is 0 Å². The lowest BCUT2D eigenvalue weighted by atomic mass is 9.93. The Balaban J connectivity index is 2.60. The van der Waals surface area contributed by atoms with Crippen molar-refractivity contribution < 1.29 is 24.2 Å². The molecular weight excluding hydrogens is 240 g/mol. The number of cyclic esters (lactones) is 1. The summed E-state index contributed by atoms with van der Waals surface area (Å²) >= 11 is 0. The Labute approximate surface area is 105 Å². The van der Waals surface area contributed by atoms with Gasteiger partial charge in [0.1, 0.15) is 12.1 Å². The van der Waals surface area contributed by atoms with Crippen molar-refractivity contribution in [1.29, 1.82) is 0 Å². The zero-order valence-corrected chi connectivity index (χ0v) is 10.6. The molecule has 0 aromatic carbocycles. The molecule has 0 spiro atoms. The third-order valence-corrected chi connectivity index (χ3v) is 3.26. The lowest BCUT2D eigenvalue weighted by molar-refractivity contribution is -0.145. The second-order valence-electron chi connectivity index (χ2n) is 4.11. The van der Waals surface area contributed by atoms with E-state index in [1.54, 1.807) is 13.8 Å². The van der Waals surface area contributed by atoms with Crippen LogP contribution in [0.2, 0.25) is 0 Å². The molecule has 1 fully saturated rings. The number of rotatable bonds is 6. The lowest BCUT2D eigenvalue weighted by Gasteiger charge is -2.28. The normalized spacial score (nSPS) is 15.7. The Morgan fingerprint density at radius 3 is 2.44 bits per heavy atom. The minimum atomic E-state index is -1.13. The van der Waals surface area contributed by atoms with Gasteiger partial charge in [-0.3, -0.25) is 14.9 Å². The maximum absolute atomic E-state index is 11.7. The summed E-state index contributed by atoms with van der Waals surface area (Å²) in [5, 5.41) is 11.9. The van der Waals surface area contributed by atoms with Gasteiger partial charge in [0.15, 0.2) is 0 Å². The number of nitrogens with zero attached hydrogens (tertiary/aromatic N) is 1. The average Bonchev–Trinajstić information content (AvgIpc) is 2.77. The first-order chi connectivity index (χ1) is 8.46. The molecule has 2 N–H and O–H groups in total. The maximum Gasteiger partial charge on any atom is 0.416 e. The average molecular weight is 258 g/mol. The third kappa shape index (κ3) is 2.79. The second kappa shape index (κ2) is 5.81. The number of carboxylic acids is 1. The summed E-state index contributed by atoms with van der Waals surface area (Å²) < 4.78 is 4.64. The Kier molecular flexibility index (Phi) is 4.66. The monoisotopic (exact) mass is 258 g/mol. The van der Waals surface area contributed by atoms with Gasteiger partial charge in [-0.05, 0) is 12.8 Å². The lowest BCUT2D eigenvalue weighted by Crippen LogP contribution is -2.54. The van der Waals surface area contributed by atoms with Crippen molar-refractivity contribution >= 4 is 18.0 Å². The van der Waals surface area contributed by atoms with Crippen molar-refractivity contribution in [2.45, 2.75) is 32.2 Å². The van der Waals surface area contributed by atoms with Crippen LogP contribution >= 0.6 is 0 Å². The number of ether oxygens (including phenoxy) is 1. The molecule has 0 aromatic heterocycles. The Hall–Kier alpha value is -1.63. The van der Waals surface area contributed by atoms with Crippen molar-refractivity contribution in [2.75, 3.05) is 19.7 Å². The highest BCUT2D eigenvalue weighted by atomic mass is 16.6. The second-order valence-corrected chi connectivity index (χ2v) is 4.11. The molecule has 1 heterocycles. The van der Waals surface area contributed by atoms with Crippen LogP contribution in [0.5, 0.6) is 0 Å². The minimum absolute atomic E-state index is 0.191. The van der Waals surface area contributed by atoms with E-state index in [9.17, 15) is 19.5 Å².